The van der Waals surface area contributed by atoms with Gasteiger partial charge in [-0.15, -0.1) is 11.3 Å². The van der Waals surface area contributed by atoms with Crippen LogP contribution in [-0.4, -0.2) is 36.6 Å². The van der Waals surface area contributed by atoms with Gasteiger partial charge in [0.25, 0.3) is 0 Å². The van der Waals surface area contributed by atoms with E-state index in [2.05, 4.69) is 34.7 Å². The van der Waals surface area contributed by atoms with Crippen molar-refractivity contribution in [3.63, 3.8) is 0 Å². The molecular weight excluding hydrogens is 318 g/mol. The molecule has 3 rings (SSSR count). The molecule has 0 unspecified atom stereocenters. The van der Waals surface area contributed by atoms with Crippen LogP contribution in [0, 0.1) is 0 Å². The van der Waals surface area contributed by atoms with Gasteiger partial charge in [0, 0.05) is 37.4 Å². The van der Waals surface area contributed by atoms with Gasteiger partial charge in [-0.3, -0.25) is 0 Å². The molecule has 1 fully saturated rings. The highest BCUT2D eigenvalue weighted by Gasteiger charge is 2.22. The van der Waals surface area contributed by atoms with Crippen LogP contribution in [0.1, 0.15) is 24.6 Å². The van der Waals surface area contributed by atoms with Crippen molar-refractivity contribution in [1.29, 1.82) is 0 Å². The highest BCUT2D eigenvalue weighted by molar-refractivity contribution is 7.09. The fourth-order valence-electron chi connectivity index (χ4n) is 2.86. The Kier molecular flexibility index (Phi) is 6.13. The van der Waals surface area contributed by atoms with E-state index in [1.54, 1.807) is 11.3 Å². The van der Waals surface area contributed by atoms with E-state index in [-0.39, 0.29) is 0 Å². The maximum absolute atomic E-state index is 6.08. The number of piperidine rings is 1. The SMILES string of the molecule is CCNC(=NCc1cccs1)N1CCC(Oc2ccccc2)CC1. The lowest BCUT2D eigenvalue weighted by Gasteiger charge is -2.34. The predicted molar refractivity (Wildman–Crippen MR) is 101 cm³/mol. The van der Waals surface area contributed by atoms with Crippen LogP contribution < -0.4 is 10.1 Å². The van der Waals surface area contributed by atoms with Crippen molar-refractivity contribution < 1.29 is 4.74 Å². The molecule has 1 aliphatic rings. The quantitative estimate of drug-likeness (QED) is 0.663. The first kappa shape index (κ1) is 16.8. The minimum atomic E-state index is 0.295. The average molecular weight is 343 g/mol. The van der Waals surface area contributed by atoms with E-state index in [4.69, 9.17) is 9.73 Å². The zero-order valence-electron chi connectivity index (χ0n) is 14.1. The molecule has 4 nitrogen and oxygen atoms in total. The summed E-state index contributed by atoms with van der Waals surface area (Å²) < 4.78 is 6.08. The number of aliphatic imine (C=N–C) groups is 1. The summed E-state index contributed by atoms with van der Waals surface area (Å²) in [6.45, 7) is 5.72. The number of guanidine groups is 1. The Morgan fingerprint density at radius 3 is 2.67 bits per heavy atom. The summed E-state index contributed by atoms with van der Waals surface area (Å²) in [6.07, 6.45) is 2.35. The fraction of sp³-hybridized carbons (Fsp3) is 0.421. The molecule has 128 valence electrons. The highest BCUT2D eigenvalue weighted by atomic mass is 32.1. The maximum Gasteiger partial charge on any atom is 0.194 e. The first-order valence-electron chi connectivity index (χ1n) is 8.62. The third-order valence-corrected chi connectivity index (χ3v) is 4.95. The van der Waals surface area contributed by atoms with Gasteiger partial charge in [0.05, 0.1) is 6.54 Å². The van der Waals surface area contributed by atoms with Crippen molar-refractivity contribution in [1.82, 2.24) is 10.2 Å². The summed E-state index contributed by atoms with van der Waals surface area (Å²) in [5.74, 6) is 1.98. The molecular formula is C19H25N3OS. The summed E-state index contributed by atoms with van der Waals surface area (Å²) in [6, 6.07) is 14.3. The van der Waals surface area contributed by atoms with Crippen LogP contribution >= 0.6 is 11.3 Å². The molecule has 1 aromatic carbocycles. The van der Waals surface area contributed by atoms with Gasteiger partial charge in [-0.05, 0) is 30.5 Å². The molecule has 0 saturated carbocycles. The number of para-hydroxylation sites is 1. The van der Waals surface area contributed by atoms with Crippen LogP contribution in [0.4, 0.5) is 0 Å². The molecule has 0 spiro atoms. The third kappa shape index (κ3) is 4.74. The molecule has 0 amide bonds. The van der Waals surface area contributed by atoms with Gasteiger partial charge >= 0.3 is 0 Å². The molecule has 1 saturated heterocycles. The molecule has 1 aliphatic heterocycles. The Labute approximate surface area is 148 Å². The molecule has 2 heterocycles. The van der Waals surface area contributed by atoms with E-state index in [9.17, 15) is 0 Å². The lowest BCUT2D eigenvalue weighted by Crippen LogP contribution is -2.47. The van der Waals surface area contributed by atoms with Crippen molar-refractivity contribution in [3.8, 4) is 5.75 Å². The van der Waals surface area contributed by atoms with Crippen LogP contribution in [0.25, 0.3) is 0 Å². The monoisotopic (exact) mass is 343 g/mol. The number of thiophene rings is 1. The number of benzene rings is 1. The van der Waals surface area contributed by atoms with Crippen molar-refractivity contribution in [2.75, 3.05) is 19.6 Å². The van der Waals surface area contributed by atoms with E-state index in [1.807, 2.05) is 30.3 Å². The molecule has 0 bridgehead atoms. The van der Waals surface area contributed by atoms with Gasteiger partial charge < -0.3 is 15.0 Å². The van der Waals surface area contributed by atoms with E-state index >= 15 is 0 Å². The molecule has 1 N–H and O–H groups in total. The fourth-order valence-corrected chi connectivity index (χ4v) is 3.49. The number of nitrogens with one attached hydrogen (secondary N) is 1. The minimum absolute atomic E-state index is 0.295. The molecule has 0 aliphatic carbocycles. The van der Waals surface area contributed by atoms with Crippen molar-refractivity contribution in [3.05, 3.63) is 52.7 Å². The number of likely N-dealkylation sites (tertiary alicyclic amines) is 1. The second-order valence-electron chi connectivity index (χ2n) is 5.87. The first-order valence-corrected chi connectivity index (χ1v) is 9.50. The average Bonchev–Trinajstić information content (AvgIpc) is 3.14. The largest absolute Gasteiger partial charge is 0.490 e. The number of hydrogen-bond donors (Lipinski definition) is 1. The smallest absolute Gasteiger partial charge is 0.194 e. The van der Waals surface area contributed by atoms with Crippen LogP contribution in [0.3, 0.4) is 0 Å². The molecule has 5 heteroatoms. The molecule has 24 heavy (non-hydrogen) atoms. The topological polar surface area (TPSA) is 36.9 Å². The summed E-state index contributed by atoms with van der Waals surface area (Å²) in [4.78, 5) is 8.44. The van der Waals surface area contributed by atoms with Gasteiger partial charge in [0.15, 0.2) is 5.96 Å². The zero-order valence-corrected chi connectivity index (χ0v) is 15.0. The van der Waals surface area contributed by atoms with Gasteiger partial charge in [-0.2, -0.15) is 0 Å². The van der Waals surface area contributed by atoms with Gasteiger partial charge in [0.1, 0.15) is 11.9 Å². The van der Waals surface area contributed by atoms with Crippen molar-refractivity contribution >= 4 is 17.3 Å². The Morgan fingerprint density at radius 1 is 1.21 bits per heavy atom. The molecule has 0 atom stereocenters. The summed E-state index contributed by atoms with van der Waals surface area (Å²) >= 11 is 1.76. The van der Waals surface area contributed by atoms with Crippen LogP contribution in [0.2, 0.25) is 0 Å². The lowest BCUT2D eigenvalue weighted by molar-refractivity contribution is 0.129. The van der Waals surface area contributed by atoms with Crippen molar-refractivity contribution in [2.45, 2.75) is 32.4 Å². The Balaban J connectivity index is 1.54. The molecule has 0 radical (unpaired) electrons. The van der Waals surface area contributed by atoms with Gasteiger partial charge in [0.2, 0.25) is 0 Å². The summed E-state index contributed by atoms with van der Waals surface area (Å²) in [5, 5.41) is 5.52. The number of nitrogens with zero attached hydrogens (tertiary/aromatic N) is 2. The number of ether oxygens (including phenoxy) is 1. The third-order valence-electron chi connectivity index (χ3n) is 4.09. The summed E-state index contributed by atoms with van der Waals surface area (Å²) in [5.41, 5.74) is 0. The normalized spacial score (nSPS) is 16.2. The minimum Gasteiger partial charge on any atom is -0.490 e. The lowest BCUT2D eigenvalue weighted by atomic mass is 10.1. The van der Waals surface area contributed by atoms with Crippen molar-refractivity contribution in [2.24, 2.45) is 4.99 Å². The Bertz CT molecular complexity index is 619. The molecule has 1 aromatic heterocycles. The van der Waals surface area contributed by atoms with E-state index < -0.39 is 0 Å². The standard InChI is InChI=1S/C19H25N3OS/c1-2-20-19(21-15-18-9-6-14-24-18)22-12-10-17(11-13-22)23-16-7-4-3-5-8-16/h3-9,14,17H,2,10-13,15H2,1H3,(H,20,21). The van der Waals surface area contributed by atoms with Crippen LogP contribution in [0.5, 0.6) is 5.75 Å². The summed E-state index contributed by atoms with van der Waals surface area (Å²) in [7, 11) is 0. The highest BCUT2D eigenvalue weighted by Crippen LogP contribution is 2.19. The van der Waals surface area contributed by atoms with E-state index in [1.165, 1.54) is 4.88 Å². The Morgan fingerprint density at radius 2 is 2.00 bits per heavy atom. The maximum atomic E-state index is 6.08. The van der Waals surface area contributed by atoms with Crippen LogP contribution in [0.15, 0.2) is 52.8 Å². The molecule has 2 aromatic rings. The number of rotatable bonds is 5. The van der Waals surface area contributed by atoms with E-state index in [0.29, 0.717) is 6.10 Å². The first-order chi connectivity index (χ1) is 11.8. The van der Waals surface area contributed by atoms with Crippen LogP contribution in [-0.2, 0) is 6.54 Å². The van der Waals surface area contributed by atoms with Gasteiger partial charge in [-0.1, -0.05) is 24.3 Å². The zero-order chi connectivity index (χ0) is 16.6. The Hall–Kier alpha value is -2.01. The predicted octanol–water partition coefficient (Wildman–Crippen LogP) is 3.76. The second-order valence-corrected chi connectivity index (χ2v) is 6.90. The second kappa shape index (κ2) is 8.73. The van der Waals surface area contributed by atoms with Gasteiger partial charge in [-0.25, -0.2) is 4.99 Å². The number of hydrogen-bond acceptors (Lipinski definition) is 3. The van der Waals surface area contributed by atoms with E-state index in [0.717, 1.165) is 50.7 Å².